The quantitative estimate of drug-likeness (QED) is 0.614. The molecular formula is C12H14Cl2N5OPS. The average molecular weight is 378 g/mol. The van der Waals surface area contributed by atoms with Gasteiger partial charge in [0.15, 0.2) is 5.82 Å². The smallest absolute Gasteiger partial charge is 0.268 e. The first-order chi connectivity index (χ1) is 10.7. The van der Waals surface area contributed by atoms with E-state index in [1.54, 1.807) is 9.35 Å². The van der Waals surface area contributed by atoms with Crippen LogP contribution in [0.15, 0.2) is 35.5 Å². The molecule has 6 nitrogen and oxygen atoms in total. The Morgan fingerprint density at radius 2 is 1.86 bits per heavy atom. The fraction of sp³-hybridized carbons (Fsp3) is 0.333. The lowest BCUT2D eigenvalue weighted by atomic mass is 10.2. The summed E-state index contributed by atoms with van der Waals surface area (Å²) in [6, 6.07) is 9.64. The minimum Gasteiger partial charge on any atom is -0.268 e. The van der Waals surface area contributed by atoms with Crippen molar-refractivity contribution in [3.8, 4) is 11.4 Å². The van der Waals surface area contributed by atoms with Crippen molar-refractivity contribution in [3.63, 3.8) is 0 Å². The molecule has 0 bridgehead atoms. The highest BCUT2D eigenvalue weighted by molar-refractivity contribution is 8.58. The molecule has 0 spiro atoms. The third kappa shape index (κ3) is 3.01. The van der Waals surface area contributed by atoms with Gasteiger partial charge in [-0.15, -0.1) is 33.4 Å². The Morgan fingerprint density at radius 1 is 1.18 bits per heavy atom. The van der Waals surface area contributed by atoms with Crippen molar-refractivity contribution in [2.75, 3.05) is 30.0 Å². The maximum absolute atomic E-state index is 13.2. The van der Waals surface area contributed by atoms with Crippen molar-refractivity contribution in [2.45, 2.75) is 5.16 Å². The summed E-state index contributed by atoms with van der Waals surface area (Å²) in [7, 11) is 0. The van der Waals surface area contributed by atoms with Crippen LogP contribution in [0.4, 0.5) is 0 Å². The molecule has 1 atom stereocenters. The molecule has 10 heteroatoms. The molecule has 0 saturated carbocycles. The van der Waals surface area contributed by atoms with Crippen molar-refractivity contribution < 1.29 is 4.57 Å². The number of aromatic nitrogens is 3. The molecule has 1 aromatic heterocycles. The molecular weight excluding hydrogens is 364 g/mol. The van der Waals surface area contributed by atoms with E-state index >= 15 is 0 Å². The minimum absolute atomic E-state index is 0.384. The molecule has 2 heterocycles. The first-order valence-electron chi connectivity index (χ1n) is 6.64. The van der Waals surface area contributed by atoms with E-state index in [4.69, 9.17) is 23.2 Å². The Morgan fingerprint density at radius 3 is 2.50 bits per heavy atom. The second-order valence-electron chi connectivity index (χ2n) is 4.55. The zero-order valence-corrected chi connectivity index (χ0v) is 14.7. The van der Waals surface area contributed by atoms with E-state index in [9.17, 15) is 4.57 Å². The lowest BCUT2D eigenvalue weighted by Crippen LogP contribution is -2.27. The van der Waals surface area contributed by atoms with E-state index in [2.05, 4.69) is 15.4 Å². The predicted molar refractivity (Wildman–Crippen MR) is 91.3 cm³/mol. The summed E-state index contributed by atoms with van der Waals surface area (Å²) >= 11 is 12.8. The van der Waals surface area contributed by atoms with Crippen molar-refractivity contribution in [2.24, 2.45) is 0 Å². The van der Waals surface area contributed by atoms with Crippen LogP contribution in [-0.2, 0) is 4.57 Å². The van der Waals surface area contributed by atoms with Crippen LogP contribution in [0.1, 0.15) is 0 Å². The van der Waals surface area contributed by atoms with E-state index in [1.807, 2.05) is 30.3 Å². The number of halogens is 2. The molecule has 0 fully saturated rings. The third-order valence-corrected chi connectivity index (χ3v) is 7.94. The predicted octanol–water partition coefficient (Wildman–Crippen LogP) is 3.48. The maximum atomic E-state index is 13.2. The minimum atomic E-state index is -2.90. The van der Waals surface area contributed by atoms with Gasteiger partial charge in [0.05, 0.1) is 0 Å². The maximum Gasteiger partial charge on any atom is 0.314 e. The summed E-state index contributed by atoms with van der Waals surface area (Å²) in [5.41, 5.74) is 0.907. The zero-order valence-electron chi connectivity index (χ0n) is 11.5. The van der Waals surface area contributed by atoms with Crippen molar-refractivity contribution in [1.29, 1.82) is 0 Å². The van der Waals surface area contributed by atoms with Gasteiger partial charge in [-0.2, -0.15) is 0 Å². The van der Waals surface area contributed by atoms with Crippen molar-refractivity contribution in [3.05, 3.63) is 30.3 Å². The molecule has 1 N–H and O–H groups in total. The number of fused-ring (bicyclic) bond motifs is 1. The number of nitrogens with one attached hydrogen (secondary N) is 1. The molecule has 3 rings (SSSR count). The molecule has 0 aliphatic carbocycles. The first kappa shape index (κ1) is 16.1. The second kappa shape index (κ2) is 6.81. The number of hydrogen-bond donors (Lipinski definition) is 1. The Kier molecular flexibility index (Phi) is 5.00. The van der Waals surface area contributed by atoms with Gasteiger partial charge >= 0.3 is 6.65 Å². The summed E-state index contributed by atoms with van der Waals surface area (Å²) in [5.74, 6) is 1.40. The topological polar surface area (TPSA) is 63.1 Å². The van der Waals surface area contributed by atoms with Crippen LogP contribution in [0.3, 0.4) is 0 Å². The van der Waals surface area contributed by atoms with Crippen LogP contribution in [0.2, 0.25) is 0 Å². The highest BCUT2D eigenvalue weighted by Crippen LogP contribution is 2.65. The van der Waals surface area contributed by atoms with Crippen LogP contribution >= 0.6 is 41.2 Å². The molecule has 118 valence electrons. The molecule has 1 aliphatic heterocycles. The van der Waals surface area contributed by atoms with E-state index in [0.29, 0.717) is 35.8 Å². The van der Waals surface area contributed by atoms with Crippen LogP contribution in [-0.4, -0.2) is 44.4 Å². The summed E-state index contributed by atoms with van der Waals surface area (Å²) in [6.45, 7) is -1.92. The third-order valence-electron chi connectivity index (χ3n) is 3.15. The SMILES string of the molecule is O=P1(N(CCCl)CCCl)Nn2c(nnc2-c2ccccc2)S1. The normalized spacial score (nSPS) is 20.1. The highest BCUT2D eigenvalue weighted by atomic mass is 35.5. The Balaban J connectivity index is 1.90. The summed E-state index contributed by atoms with van der Waals surface area (Å²) in [6.07, 6.45) is 0. The van der Waals surface area contributed by atoms with Gasteiger partial charge in [0.1, 0.15) is 0 Å². The van der Waals surface area contributed by atoms with Gasteiger partial charge in [0, 0.05) is 41.8 Å². The molecule has 22 heavy (non-hydrogen) atoms. The van der Waals surface area contributed by atoms with Crippen LogP contribution in [0, 0.1) is 0 Å². The molecule has 0 amide bonds. The highest BCUT2D eigenvalue weighted by Gasteiger charge is 2.41. The largest absolute Gasteiger partial charge is 0.314 e. The summed E-state index contributed by atoms with van der Waals surface area (Å²) in [4.78, 5) is 0. The van der Waals surface area contributed by atoms with Crippen LogP contribution in [0.5, 0.6) is 0 Å². The fourth-order valence-corrected chi connectivity index (χ4v) is 7.04. The van der Waals surface area contributed by atoms with Crippen LogP contribution in [0.25, 0.3) is 11.4 Å². The van der Waals surface area contributed by atoms with Crippen LogP contribution < -0.4 is 5.20 Å². The molecule has 0 saturated heterocycles. The first-order valence-corrected chi connectivity index (χ1v) is 10.8. The number of hydrogen-bond acceptors (Lipinski definition) is 4. The lowest BCUT2D eigenvalue weighted by Gasteiger charge is -2.26. The van der Waals surface area contributed by atoms with Gasteiger partial charge in [-0.25, -0.2) is 14.5 Å². The zero-order chi connectivity index (χ0) is 15.6. The van der Waals surface area contributed by atoms with E-state index in [0.717, 1.165) is 5.56 Å². The van der Waals surface area contributed by atoms with Gasteiger partial charge in [-0.05, 0) is 0 Å². The number of rotatable bonds is 6. The molecule has 0 radical (unpaired) electrons. The van der Waals surface area contributed by atoms with Gasteiger partial charge in [-0.3, -0.25) is 4.57 Å². The van der Waals surface area contributed by atoms with E-state index in [1.165, 1.54) is 11.4 Å². The van der Waals surface area contributed by atoms with Gasteiger partial charge in [0.2, 0.25) is 5.16 Å². The summed E-state index contributed by atoms with van der Waals surface area (Å²) in [5, 5.41) is 11.9. The molecule has 2 aromatic rings. The lowest BCUT2D eigenvalue weighted by molar-refractivity contribution is 0.460. The van der Waals surface area contributed by atoms with Gasteiger partial charge < -0.3 is 0 Å². The van der Waals surface area contributed by atoms with E-state index < -0.39 is 6.65 Å². The summed E-state index contributed by atoms with van der Waals surface area (Å²) < 4.78 is 16.6. The Hall–Kier alpha value is -0.720. The molecule has 1 aliphatic rings. The van der Waals surface area contributed by atoms with Gasteiger partial charge in [-0.1, -0.05) is 30.3 Å². The standard InChI is InChI=1S/C12H14Cl2N5OPS/c13-6-8-18(9-7-14)21(20)17-19-11(15-16-12(19)22-21)10-4-2-1-3-5-10/h1-5H,6-9H2,(H,17,20). The van der Waals surface area contributed by atoms with Crippen molar-refractivity contribution >= 4 is 41.2 Å². The van der Waals surface area contributed by atoms with Gasteiger partial charge in [0.25, 0.3) is 0 Å². The average Bonchev–Trinajstić information content (AvgIpc) is 3.05. The molecule has 1 aromatic carbocycles. The number of alkyl halides is 2. The van der Waals surface area contributed by atoms with E-state index in [-0.39, 0.29) is 0 Å². The number of nitrogens with zero attached hydrogens (tertiary/aromatic N) is 4. The Labute approximate surface area is 142 Å². The van der Waals surface area contributed by atoms with Crippen molar-refractivity contribution in [1.82, 2.24) is 19.5 Å². The second-order valence-corrected chi connectivity index (χ2v) is 9.69. The molecule has 1 unspecified atom stereocenters. The fourth-order valence-electron chi connectivity index (χ4n) is 2.14. The Bertz CT molecular complexity index is 692. The number of benzene rings is 1. The monoisotopic (exact) mass is 377 g/mol.